The zero-order chi connectivity index (χ0) is 24.7. The van der Waals surface area contributed by atoms with Crippen LogP contribution in [0.25, 0.3) is 6.08 Å². The van der Waals surface area contributed by atoms with E-state index in [1.807, 2.05) is 0 Å². The first kappa shape index (κ1) is 23.7. The summed E-state index contributed by atoms with van der Waals surface area (Å²) < 4.78 is 47.0. The molecule has 186 valence electrons. The second kappa shape index (κ2) is 9.23. The van der Waals surface area contributed by atoms with Crippen molar-refractivity contribution in [1.82, 2.24) is 10.4 Å². The van der Waals surface area contributed by atoms with Crippen LogP contribution in [0.4, 0.5) is 10.2 Å². The molecule has 3 N–H and O–H groups in total. The molecule has 11 heteroatoms. The summed E-state index contributed by atoms with van der Waals surface area (Å²) in [5, 5.41) is 20.9. The number of aliphatic hydroxyl groups excluding tert-OH is 1. The molecule has 4 atom stereocenters. The van der Waals surface area contributed by atoms with Crippen LogP contribution in [0.5, 0.6) is 5.75 Å². The summed E-state index contributed by atoms with van der Waals surface area (Å²) in [5.41, 5.74) is 3.82. The van der Waals surface area contributed by atoms with Gasteiger partial charge in [-0.05, 0) is 36.1 Å². The summed E-state index contributed by atoms with van der Waals surface area (Å²) in [6, 6.07) is 10.3. The second-order valence-corrected chi connectivity index (χ2v) is 10.6. The highest BCUT2D eigenvalue weighted by molar-refractivity contribution is 7.92. The summed E-state index contributed by atoms with van der Waals surface area (Å²) in [7, 11) is -4.54. The van der Waals surface area contributed by atoms with Crippen molar-refractivity contribution in [2.75, 3.05) is 24.2 Å². The van der Waals surface area contributed by atoms with Crippen LogP contribution < -0.4 is 14.7 Å². The normalized spacial score (nSPS) is 25.7. The van der Waals surface area contributed by atoms with Gasteiger partial charge in [0.15, 0.2) is 0 Å². The lowest BCUT2D eigenvalue weighted by Gasteiger charge is -2.20. The predicted molar refractivity (Wildman–Crippen MR) is 125 cm³/mol. The zero-order valence-electron chi connectivity index (χ0n) is 18.7. The van der Waals surface area contributed by atoms with Gasteiger partial charge in [-0.25, -0.2) is 10.4 Å². The maximum absolute atomic E-state index is 15.3. The number of carbonyl (C=O) groups is 1. The lowest BCUT2D eigenvalue weighted by Crippen LogP contribution is -2.41. The molecule has 2 fully saturated rings. The van der Waals surface area contributed by atoms with Crippen molar-refractivity contribution in [2.24, 2.45) is 11.8 Å². The first-order valence-corrected chi connectivity index (χ1v) is 12.9. The Labute approximate surface area is 202 Å². The molecule has 1 saturated carbocycles. The molecule has 1 saturated heterocycles. The van der Waals surface area contributed by atoms with Crippen LogP contribution >= 0.6 is 0 Å². The fraction of sp³-hybridized carbons (Fsp3) is 0.375. The molecule has 5 rings (SSSR count). The van der Waals surface area contributed by atoms with E-state index >= 15 is 4.48 Å². The minimum atomic E-state index is -4.54. The highest BCUT2D eigenvalue weighted by Crippen LogP contribution is 2.59. The number of carboxylic acid groups (broad SMARTS) is 1. The van der Waals surface area contributed by atoms with Gasteiger partial charge in [-0.1, -0.05) is 45.4 Å². The van der Waals surface area contributed by atoms with Crippen molar-refractivity contribution in [2.45, 2.75) is 29.9 Å². The van der Waals surface area contributed by atoms with Gasteiger partial charge >= 0.3 is 5.97 Å². The summed E-state index contributed by atoms with van der Waals surface area (Å²) in [5.74, 6) is -1.44. The van der Waals surface area contributed by atoms with Crippen molar-refractivity contribution in [3.63, 3.8) is 0 Å². The Morgan fingerprint density at radius 2 is 2.09 bits per heavy atom. The summed E-state index contributed by atoms with van der Waals surface area (Å²) >= 11 is 0. The molecule has 0 amide bonds. The molecule has 3 unspecified atom stereocenters. The number of benzene rings is 2. The van der Waals surface area contributed by atoms with E-state index in [4.69, 9.17) is 4.74 Å². The summed E-state index contributed by atoms with van der Waals surface area (Å²) in [4.78, 5) is 11.2. The van der Waals surface area contributed by atoms with Gasteiger partial charge in [-0.2, -0.15) is 8.42 Å². The smallest absolute Gasteiger partial charge is 0.307 e. The lowest BCUT2D eigenvalue weighted by molar-refractivity contribution is -0.139. The van der Waals surface area contributed by atoms with Gasteiger partial charge in [0.25, 0.3) is 10.0 Å². The first-order chi connectivity index (χ1) is 16.8. The highest BCUT2D eigenvalue weighted by atomic mass is 32.2. The van der Waals surface area contributed by atoms with Crippen molar-refractivity contribution in [3.05, 3.63) is 59.7 Å². The standard InChI is InChI=1S/C24H26FN3O6S/c25-28(16-9-10-17-19(13-16)34-14-18-22(17)23(18)24(30)31)35(32,33)20-7-2-1-5-15(20)6-3-11-26-27-12-4-8-21(27)29/h1-3,5-7,9-10,13,18,21-23,26,29H,4,8,11-12,14H2,(H,30,31)/b6-3-/t18?,21-,22?,23?/m0/s1. The minimum Gasteiger partial charge on any atom is -0.493 e. The van der Waals surface area contributed by atoms with E-state index < -0.39 is 28.1 Å². The zero-order valence-corrected chi connectivity index (χ0v) is 19.6. The van der Waals surface area contributed by atoms with E-state index in [2.05, 4.69) is 5.43 Å². The average Bonchev–Trinajstić information content (AvgIpc) is 3.47. The van der Waals surface area contributed by atoms with Crippen molar-refractivity contribution < 1.29 is 32.6 Å². The Hall–Kier alpha value is -2.99. The molecule has 2 aromatic carbocycles. The van der Waals surface area contributed by atoms with E-state index in [1.165, 1.54) is 30.3 Å². The molecule has 3 aliphatic rings. The number of aliphatic carboxylic acids is 1. The third kappa shape index (κ3) is 4.40. The van der Waals surface area contributed by atoms with Crippen LogP contribution in [0.3, 0.4) is 0 Å². The average molecular weight is 504 g/mol. The highest BCUT2D eigenvalue weighted by Gasteiger charge is 2.59. The quantitative estimate of drug-likeness (QED) is 0.470. The van der Waals surface area contributed by atoms with E-state index in [9.17, 15) is 23.4 Å². The number of hydrogen-bond donors (Lipinski definition) is 3. The van der Waals surface area contributed by atoms with Gasteiger partial charge in [0.1, 0.15) is 12.0 Å². The maximum atomic E-state index is 15.3. The third-order valence-corrected chi connectivity index (χ3v) is 8.34. The fourth-order valence-corrected chi connectivity index (χ4v) is 6.18. The SMILES string of the molecule is O=C(O)C1C2COc3cc(N(F)S(=O)(=O)c4ccccc4/C=C\CNN4CCC[C@@H]4O)ccc3C21. The van der Waals surface area contributed by atoms with Gasteiger partial charge in [-0.3, -0.25) is 4.79 Å². The van der Waals surface area contributed by atoms with Gasteiger partial charge < -0.3 is 14.9 Å². The molecule has 35 heavy (non-hydrogen) atoms. The molecular weight excluding hydrogens is 477 g/mol. The number of ether oxygens (including phenoxy) is 1. The topological polar surface area (TPSA) is 119 Å². The third-order valence-electron chi connectivity index (χ3n) is 6.78. The summed E-state index contributed by atoms with van der Waals surface area (Å²) in [6.07, 6.45) is 4.34. The number of carboxylic acids is 1. The summed E-state index contributed by atoms with van der Waals surface area (Å²) in [6.45, 7) is 1.29. The molecule has 0 radical (unpaired) electrons. The number of aliphatic hydroxyl groups is 1. The monoisotopic (exact) mass is 503 g/mol. The molecular formula is C24H26FN3O6S. The van der Waals surface area contributed by atoms with Crippen LogP contribution in [0.15, 0.2) is 53.4 Å². The number of halogens is 1. The minimum absolute atomic E-state index is 0.113. The van der Waals surface area contributed by atoms with Crippen LogP contribution in [-0.4, -0.2) is 55.5 Å². The Morgan fingerprint density at radius 1 is 1.29 bits per heavy atom. The molecule has 9 nitrogen and oxygen atoms in total. The fourth-order valence-electron chi connectivity index (χ4n) is 4.93. The number of fused-ring (bicyclic) bond motifs is 3. The molecule has 2 aromatic rings. The number of nitrogens with one attached hydrogen (secondary N) is 1. The van der Waals surface area contributed by atoms with Crippen LogP contribution in [0.1, 0.15) is 29.9 Å². The number of anilines is 1. The van der Waals surface area contributed by atoms with E-state index in [0.29, 0.717) is 29.8 Å². The number of rotatable bonds is 8. The van der Waals surface area contributed by atoms with Gasteiger partial charge in [0.2, 0.25) is 0 Å². The Kier molecular flexibility index (Phi) is 6.26. The number of hydrogen-bond acceptors (Lipinski definition) is 7. The van der Waals surface area contributed by atoms with Crippen molar-refractivity contribution >= 4 is 27.8 Å². The Bertz CT molecular complexity index is 1270. The van der Waals surface area contributed by atoms with Crippen molar-refractivity contribution in [1.29, 1.82) is 0 Å². The Morgan fingerprint density at radius 3 is 2.83 bits per heavy atom. The van der Waals surface area contributed by atoms with Gasteiger partial charge in [0, 0.05) is 31.0 Å². The number of sulfonamides is 1. The first-order valence-electron chi connectivity index (χ1n) is 11.4. The second-order valence-electron chi connectivity index (χ2n) is 8.93. The van der Waals surface area contributed by atoms with E-state index in [0.717, 1.165) is 13.0 Å². The van der Waals surface area contributed by atoms with E-state index in [-0.39, 0.29) is 33.6 Å². The molecule has 2 heterocycles. The number of hydrazine groups is 1. The predicted octanol–water partition coefficient (Wildman–Crippen LogP) is 2.51. The molecule has 0 bridgehead atoms. The molecule has 0 spiro atoms. The lowest BCUT2D eigenvalue weighted by atomic mass is 10.0. The molecule has 0 aromatic heterocycles. The van der Waals surface area contributed by atoms with Crippen LogP contribution in [-0.2, 0) is 14.8 Å². The van der Waals surface area contributed by atoms with Gasteiger partial charge in [0.05, 0.1) is 23.1 Å². The maximum Gasteiger partial charge on any atom is 0.307 e. The van der Waals surface area contributed by atoms with Crippen LogP contribution in [0, 0.1) is 11.8 Å². The van der Waals surface area contributed by atoms with Crippen molar-refractivity contribution in [3.8, 4) is 5.75 Å². The van der Waals surface area contributed by atoms with Crippen LogP contribution in [0.2, 0.25) is 0 Å². The molecule has 1 aliphatic carbocycles. The molecule has 2 aliphatic heterocycles. The number of nitrogens with zero attached hydrogens (tertiary/aromatic N) is 2. The Balaban J connectivity index is 1.34. The van der Waals surface area contributed by atoms with Gasteiger partial charge in [-0.15, -0.1) is 0 Å². The van der Waals surface area contributed by atoms with E-state index in [1.54, 1.807) is 29.3 Å². The largest absolute Gasteiger partial charge is 0.493 e.